The van der Waals surface area contributed by atoms with Gasteiger partial charge in [0.1, 0.15) is 23.7 Å². The maximum absolute atomic E-state index is 11.6. The first kappa shape index (κ1) is 21.7. The van der Waals surface area contributed by atoms with Gasteiger partial charge in [0.2, 0.25) is 0 Å². The molecule has 0 bridgehead atoms. The molecule has 0 radical (unpaired) electrons. The Balaban J connectivity index is 4.94. The highest BCUT2D eigenvalue weighted by atomic mass is 32.2. The molecular formula is C13H19NO9S. The number of hydrogen-bond donors (Lipinski definition) is 4. The molecule has 3 atom stereocenters. The van der Waals surface area contributed by atoms with Crippen molar-refractivity contribution in [3.05, 3.63) is 12.3 Å². The number of hydrogen-bond acceptors (Lipinski definition) is 7. The number of esters is 1. The molecule has 4 N–H and O–H groups in total. The fourth-order valence-corrected chi connectivity index (χ4v) is 2.14. The van der Waals surface area contributed by atoms with Crippen LogP contribution >= 0.6 is 0 Å². The van der Waals surface area contributed by atoms with E-state index in [1.54, 1.807) is 0 Å². The van der Waals surface area contributed by atoms with E-state index in [0.717, 1.165) is 19.2 Å². The predicted molar refractivity (Wildman–Crippen MR) is 81.4 cm³/mol. The monoisotopic (exact) mass is 365 g/mol. The standard InChI is InChI=1S/C13H19NO9S/c1-13(24(21)22,11(12(19)20)14-6-3-7-15)8-23-10(18)5-2-4-9(16)17/h3,6-7,11,14H,2,4-5,8H2,1H3,(H,16,17)(H,19,20)(H,21,22)/b6-3+/t11-,13-/m0/s1. The largest absolute Gasteiger partial charge is 0.481 e. The number of aldehydes is 1. The zero-order chi connectivity index (χ0) is 18.8. The lowest BCUT2D eigenvalue weighted by molar-refractivity contribution is -0.148. The van der Waals surface area contributed by atoms with Crippen molar-refractivity contribution in [1.29, 1.82) is 0 Å². The Labute approximate surface area is 140 Å². The quantitative estimate of drug-likeness (QED) is 0.153. The van der Waals surface area contributed by atoms with Crippen molar-refractivity contribution in [3.63, 3.8) is 0 Å². The number of nitrogens with one attached hydrogen (secondary N) is 1. The normalized spacial score (nSPS) is 15.9. The molecule has 136 valence electrons. The second kappa shape index (κ2) is 10.5. The van der Waals surface area contributed by atoms with E-state index in [1.165, 1.54) is 0 Å². The number of aliphatic carboxylic acids is 2. The van der Waals surface area contributed by atoms with Crippen LogP contribution in [0.15, 0.2) is 12.3 Å². The first-order chi connectivity index (χ1) is 11.1. The number of allylic oxidation sites excluding steroid dienone is 1. The summed E-state index contributed by atoms with van der Waals surface area (Å²) < 4.78 is 23.9. The highest BCUT2D eigenvalue weighted by Crippen LogP contribution is 2.20. The third kappa shape index (κ3) is 7.33. The first-order valence-corrected chi connectivity index (χ1v) is 7.83. The van der Waals surface area contributed by atoms with Gasteiger partial charge in [0.25, 0.3) is 0 Å². The Morgan fingerprint density at radius 2 is 1.92 bits per heavy atom. The van der Waals surface area contributed by atoms with Crippen LogP contribution in [0.4, 0.5) is 0 Å². The minimum absolute atomic E-state index is 0.0236. The molecule has 0 saturated heterocycles. The highest BCUT2D eigenvalue weighted by Gasteiger charge is 2.45. The number of carboxylic acid groups (broad SMARTS) is 2. The first-order valence-electron chi connectivity index (χ1n) is 6.72. The molecule has 24 heavy (non-hydrogen) atoms. The molecule has 0 rings (SSSR count). The molecule has 0 aliphatic rings. The second-order valence-corrected chi connectivity index (χ2v) is 6.33. The van der Waals surface area contributed by atoms with Gasteiger partial charge in [0.15, 0.2) is 11.1 Å². The average molecular weight is 365 g/mol. The molecule has 0 aromatic heterocycles. The summed E-state index contributed by atoms with van der Waals surface area (Å²) in [6.45, 7) is 0.426. The van der Waals surface area contributed by atoms with Crippen LogP contribution in [-0.2, 0) is 35.0 Å². The van der Waals surface area contributed by atoms with E-state index in [2.05, 4.69) is 5.32 Å². The fraction of sp³-hybridized carbons (Fsp3) is 0.538. The Morgan fingerprint density at radius 3 is 2.38 bits per heavy atom. The van der Waals surface area contributed by atoms with Gasteiger partial charge in [0, 0.05) is 19.0 Å². The minimum atomic E-state index is -2.69. The number of carbonyl (C=O) groups excluding carboxylic acids is 2. The minimum Gasteiger partial charge on any atom is -0.481 e. The van der Waals surface area contributed by atoms with Gasteiger partial charge < -0.3 is 24.8 Å². The van der Waals surface area contributed by atoms with E-state index in [4.69, 9.17) is 9.84 Å². The number of carbonyl (C=O) groups is 4. The number of carboxylic acids is 2. The van der Waals surface area contributed by atoms with Gasteiger partial charge >= 0.3 is 17.9 Å². The van der Waals surface area contributed by atoms with Crippen LogP contribution in [-0.4, -0.2) is 60.6 Å². The molecule has 0 heterocycles. The van der Waals surface area contributed by atoms with Crippen LogP contribution in [0.5, 0.6) is 0 Å². The fourth-order valence-electron chi connectivity index (χ4n) is 1.61. The number of ether oxygens (including phenoxy) is 1. The molecule has 1 unspecified atom stereocenters. The maximum atomic E-state index is 11.6. The average Bonchev–Trinajstić information content (AvgIpc) is 2.48. The third-order valence-corrected chi connectivity index (χ3v) is 4.14. The lowest BCUT2D eigenvalue weighted by atomic mass is 10.0. The van der Waals surface area contributed by atoms with Crippen molar-refractivity contribution in [2.24, 2.45) is 0 Å². The van der Waals surface area contributed by atoms with Gasteiger partial charge in [-0.25, -0.2) is 9.00 Å². The summed E-state index contributed by atoms with van der Waals surface area (Å²) in [7, 11) is 0. The summed E-state index contributed by atoms with van der Waals surface area (Å²) in [4.78, 5) is 43.4. The van der Waals surface area contributed by atoms with Crippen LogP contribution in [0.25, 0.3) is 0 Å². The summed E-state index contributed by atoms with van der Waals surface area (Å²) in [6.07, 6.45) is 1.88. The predicted octanol–water partition coefficient (Wildman–Crippen LogP) is -0.480. The third-order valence-electron chi connectivity index (χ3n) is 2.99. The summed E-state index contributed by atoms with van der Waals surface area (Å²) in [5.41, 5.74) is 0. The van der Waals surface area contributed by atoms with Crippen molar-refractivity contribution in [2.45, 2.75) is 37.0 Å². The van der Waals surface area contributed by atoms with Crippen LogP contribution in [0, 0.1) is 0 Å². The highest BCUT2D eigenvalue weighted by molar-refractivity contribution is 7.80. The van der Waals surface area contributed by atoms with Gasteiger partial charge in [-0.05, 0) is 19.4 Å². The molecule has 0 aliphatic heterocycles. The van der Waals surface area contributed by atoms with E-state index >= 15 is 0 Å². The SMILES string of the molecule is C[C@](COC(=O)CCCC(=O)O)([C@@H](N/C=C/C=O)C(=O)O)S(=O)O. The molecule has 0 fully saturated rings. The Bertz CT molecular complexity index is 534. The van der Waals surface area contributed by atoms with Crippen LogP contribution in [0.1, 0.15) is 26.2 Å². The van der Waals surface area contributed by atoms with Crippen molar-refractivity contribution >= 4 is 35.3 Å². The van der Waals surface area contributed by atoms with Gasteiger partial charge in [-0.15, -0.1) is 0 Å². The van der Waals surface area contributed by atoms with Gasteiger partial charge in [-0.1, -0.05) is 0 Å². The van der Waals surface area contributed by atoms with Crippen molar-refractivity contribution < 1.29 is 42.9 Å². The van der Waals surface area contributed by atoms with E-state index < -0.39 is 46.4 Å². The lowest BCUT2D eigenvalue weighted by Gasteiger charge is -2.31. The van der Waals surface area contributed by atoms with Crippen molar-refractivity contribution in [1.82, 2.24) is 5.32 Å². The molecule has 0 aliphatic carbocycles. The molecule has 0 aromatic carbocycles. The summed E-state index contributed by atoms with van der Waals surface area (Å²) in [5.74, 6) is -3.39. The smallest absolute Gasteiger partial charge is 0.327 e. The van der Waals surface area contributed by atoms with E-state index in [0.29, 0.717) is 6.29 Å². The van der Waals surface area contributed by atoms with Crippen LogP contribution in [0.3, 0.4) is 0 Å². The topological polar surface area (TPSA) is 167 Å². The van der Waals surface area contributed by atoms with Crippen molar-refractivity contribution in [2.75, 3.05) is 6.61 Å². The summed E-state index contributed by atoms with van der Waals surface area (Å²) in [5, 5.41) is 19.9. The molecule has 0 amide bonds. The van der Waals surface area contributed by atoms with Crippen molar-refractivity contribution in [3.8, 4) is 0 Å². The molecule has 11 heteroatoms. The zero-order valence-corrected chi connectivity index (χ0v) is 13.7. The Kier molecular flexibility index (Phi) is 9.50. The lowest BCUT2D eigenvalue weighted by Crippen LogP contribution is -2.57. The Hall–Kier alpha value is -2.27. The van der Waals surface area contributed by atoms with Crippen LogP contribution in [0.2, 0.25) is 0 Å². The maximum Gasteiger partial charge on any atom is 0.327 e. The van der Waals surface area contributed by atoms with Gasteiger partial charge in [-0.3, -0.25) is 14.4 Å². The summed E-state index contributed by atoms with van der Waals surface area (Å²) in [6, 6.07) is -1.62. The molecule has 10 nitrogen and oxygen atoms in total. The number of rotatable bonds is 12. The van der Waals surface area contributed by atoms with Gasteiger partial charge in [0.05, 0.1) is 0 Å². The Morgan fingerprint density at radius 1 is 1.29 bits per heavy atom. The van der Waals surface area contributed by atoms with E-state index in [-0.39, 0.29) is 19.3 Å². The zero-order valence-electron chi connectivity index (χ0n) is 12.8. The van der Waals surface area contributed by atoms with E-state index in [1.807, 2.05) is 0 Å². The molecule has 0 aromatic rings. The molecular weight excluding hydrogens is 346 g/mol. The molecule has 0 spiro atoms. The second-order valence-electron chi connectivity index (χ2n) is 4.90. The van der Waals surface area contributed by atoms with E-state index in [9.17, 15) is 33.0 Å². The molecule has 0 saturated carbocycles. The van der Waals surface area contributed by atoms with Crippen LogP contribution < -0.4 is 5.32 Å². The van der Waals surface area contributed by atoms with Gasteiger partial charge in [-0.2, -0.15) is 0 Å². The summed E-state index contributed by atoms with van der Waals surface area (Å²) >= 11 is -2.69.